The second-order valence-corrected chi connectivity index (χ2v) is 4.05. The van der Waals surface area contributed by atoms with Crippen molar-refractivity contribution in [2.75, 3.05) is 5.73 Å². The summed E-state index contributed by atoms with van der Waals surface area (Å²) in [6.45, 7) is 0. The molecule has 2 aromatic rings. The molecule has 0 aliphatic heterocycles. The number of hydrogen-bond acceptors (Lipinski definition) is 3. The van der Waals surface area contributed by atoms with E-state index in [9.17, 15) is 13.2 Å². The lowest BCUT2D eigenvalue weighted by Crippen LogP contribution is -2.09. The van der Waals surface area contributed by atoms with E-state index in [1.165, 1.54) is 18.3 Å². The third kappa shape index (κ3) is 2.48. The van der Waals surface area contributed by atoms with E-state index >= 15 is 0 Å². The van der Waals surface area contributed by atoms with Gasteiger partial charge in [0.2, 0.25) is 0 Å². The molecule has 98 valence electrons. The van der Waals surface area contributed by atoms with Gasteiger partial charge in [-0.3, -0.25) is 0 Å². The van der Waals surface area contributed by atoms with E-state index in [1.807, 2.05) is 0 Å². The zero-order valence-corrected chi connectivity index (χ0v) is 10.00. The quantitative estimate of drug-likeness (QED) is 0.876. The summed E-state index contributed by atoms with van der Waals surface area (Å²) in [6.07, 6.45) is -3.33. The molecule has 4 nitrogen and oxygen atoms in total. The Bertz CT molecular complexity index is 650. The fourth-order valence-corrected chi connectivity index (χ4v) is 1.64. The van der Waals surface area contributed by atoms with E-state index in [4.69, 9.17) is 22.6 Å². The van der Waals surface area contributed by atoms with Gasteiger partial charge in [-0.15, -0.1) is 5.10 Å². The molecule has 0 saturated carbocycles. The number of nitrogens with zero attached hydrogens (tertiary/aromatic N) is 3. The molecular formula is C11H6ClF3N4. The number of nitriles is 1. The van der Waals surface area contributed by atoms with Crippen LogP contribution in [0.2, 0.25) is 5.02 Å². The number of alkyl halides is 3. The van der Waals surface area contributed by atoms with Gasteiger partial charge in [0, 0.05) is 0 Å². The molecule has 8 heteroatoms. The summed E-state index contributed by atoms with van der Waals surface area (Å²) in [6, 6.07) is 4.72. The maximum atomic E-state index is 12.8. The monoisotopic (exact) mass is 286 g/mol. The van der Waals surface area contributed by atoms with Gasteiger partial charge in [-0.2, -0.15) is 18.4 Å². The van der Waals surface area contributed by atoms with Crippen molar-refractivity contribution in [1.29, 1.82) is 5.26 Å². The second-order valence-electron chi connectivity index (χ2n) is 3.65. The van der Waals surface area contributed by atoms with E-state index in [2.05, 4.69) is 5.10 Å². The van der Waals surface area contributed by atoms with Crippen LogP contribution in [0, 0.1) is 11.3 Å². The number of rotatable bonds is 1. The van der Waals surface area contributed by atoms with Crippen LogP contribution in [-0.4, -0.2) is 9.78 Å². The third-order valence-corrected chi connectivity index (χ3v) is 2.68. The van der Waals surface area contributed by atoms with Crippen molar-refractivity contribution in [2.45, 2.75) is 6.18 Å². The molecular weight excluding hydrogens is 281 g/mol. The predicted octanol–water partition coefficient (Wildman–Crippen LogP) is 3.00. The summed E-state index contributed by atoms with van der Waals surface area (Å²) in [5.41, 5.74) is 4.05. The molecule has 0 fully saturated rings. The van der Waals surface area contributed by atoms with Crippen LogP contribution < -0.4 is 5.73 Å². The number of aromatic nitrogens is 2. The Hall–Kier alpha value is -2.20. The Labute approximate surface area is 110 Å². The third-order valence-electron chi connectivity index (χ3n) is 2.39. The normalized spacial score (nSPS) is 11.3. The van der Waals surface area contributed by atoms with Crippen LogP contribution in [0.4, 0.5) is 19.0 Å². The van der Waals surface area contributed by atoms with Gasteiger partial charge >= 0.3 is 6.18 Å². The van der Waals surface area contributed by atoms with Gasteiger partial charge in [0.05, 0.1) is 29.1 Å². The van der Waals surface area contributed by atoms with Gasteiger partial charge in [-0.1, -0.05) is 11.6 Å². The number of hydrogen-bond donors (Lipinski definition) is 1. The van der Waals surface area contributed by atoms with E-state index in [-0.39, 0.29) is 16.5 Å². The largest absolute Gasteiger partial charge is 0.417 e. The van der Waals surface area contributed by atoms with Gasteiger partial charge < -0.3 is 5.73 Å². The minimum Gasteiger partial charge on any atom is -0.381 e. The Morgan fingerprint density at radius 2 is 2.05 bits per heavy atom. The van der Waals surface area contributed by atoms with Crippen molar-refractivity contribution >= 4 is 17.4 Å². The predicted molar refractivity (Wildman–Crippen MR) is 62.7 cm³/mol. The highest BCUT2D eigenvalue weighted by atomic mass is 35.5. The fraction of sp³-hybridized carbons (Fsp3) is 0.0909. The Balaban J connectivity index is 2.59. The van der Waals surface area contributed by atoms with Crippen LogP contribution >= 0.6 is 11.6 Å². The number of nitrogen functional groups attached to an aromatic ring is 1. The molecule has 2 N–H and O–H groups in total. The summed E-state index contributed by atoms with van der Waals surface area (Å²) >= 11 is 5.68. The second kappa shape index (κ2) is 4.48. The zero-order chi connectivity index (χ0) is 14.2. The highest BCUT2D eigenvalue weighted by molar-refractivity contribution is 6.32. The molecule has 0 saturated heterocycles. The van der Waals surface area contributed by atoms with E-state index in [1.54, 1.807) is 0 Å². The molecule has 0 aliphatic carbocycles. The first-order chi connectivity index (χ1) is 8.82. The van der Waals surface area contributed by atoms with Crippen LogP contribution in [0.5, 0.6) is 0 Å². The first-order valence-corrected chi connectivity index (χ1v) is 5.33. The SMILES string of the molecule is N#Cc1ccc(-n2cc(Cl)c(N)n2)cc1C(F)(F)F. The van der Waals surface area contributed by atoms with Crippen LogP contribution in [0.15, 0.2) is 24.4 Å². The average Bonchev–Trinajstić information content (AvgIpc) is 2.68. The summed E-state index contributed by atoms with van der Waals surface area (Å²) in [4.78, 5) is 0. The maximum Gasteiger partial charge on any atom is 0.417 e. The van der Waals surface area contributed by atoms with Gasteiger partial charge in [-0.25, -0.2) is 4.68 Å². The van der Waals surface area contributed by atoms with Gasteiger partial charge in [0.1, 0.15) is 5.02 Å². The number of halogens is 4. The molecule has 0 amide bonds. The molecule has 19 heavy (non-hydrogen) atoms. The highest BCUT2D eigenvalue weighted by Gasteiger charge is 2.34. The van der Waals surface area contributed by atoms with Crippen molar-refractivity contribution in [3.63, 3.8) is 0 Å². The number of anilines is 1. The smallest absolute Gasteiger partial charge is 0.381 e. The van der Waals surface area contributed by atoms with Crippen LogP contribution in [0.3, 0.4) is 0 Å². The van der Waals surface area contributed by atoms with Crippen molar-refractivity contribution < 1.29 is 13.2 Å². The van der Waals surface area contributed by atoms with Crippen LogP contribution in [0.1, 0.15) is 11.1 Å². The van der Waals surface area contributed by atoms with Crippen molar-refractivity contribution in [3.05, 3.63) is 40.5 Å². The molecule has 0 bridgehead atoms. The van der Waals surface area contributed by atoms with E-state index in [0.29, 0.717) is 0 Å². The molecule has 0 aliphatic rings. The molecule has 2 rings (SSSR count). The number of benzene rings is 1. The molecule has 1 heterocycles. The van der Waals surface area contributed by atoms with Crippen LogP contribution in [-0.2, 0) is 6.18 Å². The van der Waals surface area contributed by atoms with Gasteiger partial charge in [-0.05, 0) is 18.2 Å². The highest BCUT2D eigenvalue weighted by Crippen LogP contribution is 2.33. The van der Waals surface area contributed by atoms with Crippen LogP contribution in [0.25, 0.3) is 5.69 Å². The fourth-order valence-electron chi connectivity index (χ4n) is 1.51. The van der Waals surface area contributed by atoms with E-state index < -0.39 is 17.3 Å². The van der Waals surface area contributed by atoms with Gasteiger partial charge in [0.15, 0.2) is 5.82 Å². The first-order valence-electron chi connectivity index (χ1n) is 4.95. The van der Waals surface area contributed by atoms with Crippen molar-refractivity contribution in [2.24, 2.45) is 0 Å². The minimum absolute atomic E-state index is 0.0135. The minimum atomic E-state index is -4.62. The summed E-state index contributed by atoms with van der Waals surface area (Å²) in [7, 11) is 0. The molecule has 0 spiro atoms. The summed E-state index contributed by atoms with van der Waals surface area (Å²) in [5, 5.41) is 12.6. The summed E-state index contributed by atoms with van der Waals surface area (Å²) in [5.74, 6) is 0.0135. The molecule has 1 aromatic heterocycles. The topological polar surface area (TPSA) is 67.6 Å². The summed E-state index contributed by atoms with van der Waals surface area (Å²) < 4.78 is 39.5. The lowest BCUT2D eigenvalue weighted by atomic mass is 10.1. The Morgan fingerprint density at radius 1 is 1.37 bits per heavy atom. The first kappa shape index (κ1) is 13.2. The molecule has 1 aromatic carbocycles. The van der Waals surface area contributed by atoms with Gasteiger partial charge in [0.25, 0.3) is 0 Å². The lowest BCUT2D eigenvalue weighted by Gasteiger charge is -2.10. The molecule has 0 unspecified atom stereocenters. The van der Waals surface area contributed by atoms with Crippen molar-refractivity contribution in [1.82, 2.24) is 9.78 Å². The molecule has 0 atom stereocenters. The zero-order valence-electron chi connectivity index (χ0n) is 9.24. The van der Waals surface area contributed by atoms with Crippen molar-refractivity contribution in [3.8, 4) is 11.8 Å². The average molecular weight is 287 g/mol. The standard InChI is InChI=1S/C11H6ClF3N4/c12-9-5-19(18-10(9)17)7-2-1-6(4-16)8(3-7)11(13,14)15/h1-3,5H,(H2,17,18). The van der Waals surface area contributed by atoms with E-state index in [0.717, 1.165) is 16.8 Å². The Kier molecular flexibility index (Phi) is 3.12. The Morgan fingerprint density at radius 3 is 2.53 bits per heavy atom. The molecule has 0 radical (unpaired) electrons. The maximum absolute atomic E-state index is 12.8. The lowest BCUT2D eigenvalue weighted by molar-refractivity contribution is -0.137. The number of nitrogens with two attached hydrogens (primary N) is 1.